The van der Waals surface area contributed by atoms with E-state index < -0.39 is 11.9 Å². The van der Waals surface area contributed by atoms with Crippen LogP contribution in [0.2, 0.25) is 0 Å². The summed E-state index contributed by atoms with van der Waals surface area (Å²) in [7, 11) is 0. The Labute approximate surface area is 95.6 Å². The fraction of sp³-hybridized carbons (Fsp3) is 0.364. The van der Waals surface area contributed by atoms with Crippen LogP contribution in [0.1, 0.15) is 30.1 Å². The van der Waals surface area contributed by atoms with Crippen LogP contribution >= 0.6 is 15.9 Å². The molecule has 1 aromatic rings. The molecule has 15 heavy (non-hydrogen) atoms. The molecule has 1 aromatic carbocycles. The Hall–Kier alpha value is -0.900. The van der Waals surface area contributed by atoms with Gasteiger partial charge in [-0.2, -0.15) is 0 Å². The van der Waals surface area contributed by atoms with E-state index in [4.69, 9.17) is 4.74 Å². The van der Waals surface area contributed by atoms with Crippen molar-refractivity contribution in [3.05, 3.63) is 28.0 Å². The first-order valence-electron chi connectivity index (χ1n) is 4.84. The number of Topliss-reactive ketones (excluding diaryl/α,β-unsaturated/α-hetero) is 1. The summed E-state index contributed by atoms with van der Waals surface area (Å²) >= 11 is 3.24. The molecule has 4 heteroatoms. The molecule has 0 aliphatic carbocycles. The third kappa shape index (κ3) is 1.67. The third-order valence-electron chi connectivity index (χ3n) is 2.41. The largest absolute Gasteiger partial charge is 0.480 e. The van der Waals surface area contributed by atoms with Gasteiger partial charge in [-0.1, -0.05) is 13.3 Å². The maximum atomic E-state index is 13.4. The average molecular weight is 273 g/mol. The summed E-state index contributed by atoms with van der Waals surface area (Å²) in [5.74, 6) is -0.402. The summed E-state index contributed by atoms with van der Waals surface area (Å²) in [6, 6.07) is 2.83. The van der Waals surface area contributed by atoms with E-state index in [1.807, 2.05) is 6.92 Å². The van der Waals surface area contributed by atoms with E-state index in [-0.39, 0.29) is 11.3 Å². The molecule has 0 saturated carbocycles. The standard InChI is InChI=1S/C11H10BrFO2/c1-2-3-8-10(14)9-7(13)5-4-6(12)11(9)15-8/h4-5,8H,2-3H2,1H3. The topological polar surface area (TPSA) is 26.3 Å². The lowest BCUT2D eigenvalue weighted by atomic mass is 10.1. The van der Waals surface area contributed by atoms with Crippen molar-refractivity contribution in [2.45, 2.75) is 25.9 Å². The van der Waals surface area contributed by atoms with Gasteiger partial charge in [-0.15, -0.1) is 0 Å². The lowest BCUT2D eigenvalue weighted by Gasteiger charge is -2.07. The predicted molar refractivity (Wildman–Crippen MR) is 57.8 cm³/mol. The minimum atomic E-state index is -0.516. The van der Waals surface area contributed by atoms with E-state index in [1.165, 1.54) is 6.07 Å². The summed E-state index contributed by atoms with van der Waals surface area (Å²) in [5.41, 5.74) is 0.0859. The van der Waals surface area contributed by atoms with Crippen molar-refractivity contribution < 1.29 is 13.9 Å². The molecule has 1 unspecified atom stereocenters. The fourth-order valence-corrected chi connectivity index (χ4v) is 2.11. The molecule has 0 saturated heterocycles. The van der Waals surface area contributed by atoms with Crippen LogP contribution in [-0.2, 0) is 0 Å². The average Bonchev–Trinajstić information content (AvgIpc) is 2.53. The highest BCUT2D eigenvalue weighted by Crippen LogP contribution is 2.38. The Bertz CT molecular complexity index is 417. The van der Waals surface area contributed by atoms with Crippen LogP contribution < -0.4 is 4.74 Å². The number of benzene rings is 1. The van der Waals surface area contributed by atoms with Crippen molar-refractivity contribution in [2.75, 3.05) is 0 Å². The summed E-state index contributed by atoms with van der Waals surface area (Å²) in [5, 5.41) is 0. The number of hydrogen-bond acceptors (Lipinski definition) is 2. The van der Waals surface area contributed by atoms with Gasteiger partial charge < -0.3 is 4.74 Å². The highest BCUT2D eigenvalue weighted by molar-refractivity contribution is 9.10. The van der Waals surface area contributed by atoms with E-state index >= 15 is 0 Å². The van der Waals surface area contributed by atoms with Crippen LogP contribution in [-0.4, -0.2) is 11.9 Å². The minimum Gasteiger partial charge on any atom is -0.480 e. The molecule has 1 aliphatic rings. The lowest BCUT2D eigenvalue weighted by molar-refractivity contribution is 0.0843. The van der Waals surface area contributed by atoms with Gasteiger partial charge >= 0.3 is 0 Å². The highest BCUT2D eigenvalue weighted by atomic mass is 79.9. The minimum absolute atomic E-state index is 0.0859. The van der Waals surface area contributed by atoms with E-state index in [9.17, 15) is 9.18 Å². The molecule has 0 fully saturated rings. The number of rotatable bonds is 2. The molecule has 2 nitrogen and oxygen atoms in total. The normalized spacial score (nSPS) is 18.9. The quantitative estimate of drug-likeness (QED) is 0.826. The summed E-state index contributed by atoms with van der Waals surface area (Å²) in [4.78, 5) is 11.8. The van der Waals surface area contributed by atoms with Crippen molar-refractivity contribution in [2.24, 2.45) is 0 Å². The zero-order chi connectivity index (χ0) is 11.0. The van der Waals surface area contributed by atoms with Gasteiger partial charge in [0.25, 0.3) is 0 Å². The van der Waals surface area contributed by atoms with Gasteiger partial charge in [-0.25, -0.2) is 4.39 Å². The number of fused-ring (bicyclic) bond motifs is 1. The van der Waals surface area contributed by atoms with Crippen LogP contribution in [0, 0.1) is 5.82 Å². The monoisotopic (exact) mass is 272 g/mol. The number of ketones is 1. The molecule has 1 heterocycles. The molecule has 0 aromatic heterocycles. The zero-order valence-corrected chi connectivity index (χ0v) is 9.80. The molecule has 0 amide bonds. The predicted octanol–water partition coefficient (Wildman–Crippen LogP) is 3.33. The molecule has 2 rings (SSSR count). The maximum Gasteiger partial charge on any atom is 0.210 e. The van der Waals surface area contributed by atoms with Crippen LogP contribution in [0.15, 0.2) is 16.6 Å². The van der Waals surface area contributed by atoms with Crippen molar-refractivity contribution >= 4 is 21.7 Å². The number of hydrogen-bond donors (Lipinski definition) is 0. The van der Waals surface area contributed by atoms with Gasteiger partial charge in [0.2, 0.25) is 5.78 Å². The second kappa shape index (κ2) is 3.93. The molecule has 0 radical (unpaired) electrons. The van der Waals surface area contributed by atoms with Gasteiger partial charge in [0.1, 0.15) is 17.1 Å². The van der Waals surface area contributed by atoms with Crippen molar-refractivity contribution in [3.63, 3.8) is 0 Å². The van der Waals surface area contributed by atoms with Crippen LogP contribution in [0.25, 0.3) is 0 Å². The first kappa shape index (κ1) is 10.6. The van der Waals surface area contributed by atoms with Gasteiger partial charge in [0.15, 0.2) is 6.10 Å². The van der Waals surface area contributed by atoms with Crippen LogP contribution in [0.5, 0.6) is 5.75 Å². The number of halogens is 2. The van der Waals surface area contributed by atoms with Crippen LogP contribution in [0.3, 0.4) is 0 Å². The number of carbonyl (C=O) groups is 1. The number of ether oxygens (including phenoxy) is 1. The highest BCUT2D eigenvalue weighted by Gasteiger charge is 2.35. The summed E-state index contributed by atoms with van der Waals surface area (Å²) in [6.07, 6.45) is 0.946. The third-order valence-corrected chi connectivity index (χ3v) is 3.03. The van der Waals surface area contributed by atoms with Crippen molar-refractivity contribution in [3.8, 4) is 5.75 Å². The molecule has 1 atom stereocenters. The Morgan fingerprint density at radius 3 is 2.87 bits per heavy atom. The van der Waals surface area contributed by atoms with E-state index in [0.717, 1.165) is 6.42 Å². The van der Waals surface area contributed by atoms with E-state index in [2.05, 4.69) is 15.9 Å². The van der Waals surface area contributed by atoms with Crippen LogP contribution in [0.4, 0.5) is 4.39 Å². The van der Waals surface area contributed by atoms with Crippen molar-refractivity contribution in [1.29, 1.82) is 0 Å². The maximum absolute atomic E-state index is 13.4. The first-order chi connectivity index (χ1) is 7.15. The Morgan fingerprint density at radius 2 is 2.27 bits per heavy atom. The number of carbonyl (C=O) groups excluding carboxylic acids is 1. The first-order valence-corrected chi connectivity index (χ1v) is 5.63. The smallest absolute Gasteiger partial charge is 0.210 e. The Morgan fingerprint density at radius 1 is 1.53 bits per heavy atom. The molecule has 0 bridgehead atoms. The van der Waals surface area contributed by atoms with Crippen molar-refractivity contribution in [1.82, 2.24) is 0 Å². The molecule has 0 spiro atoms. The fourth-order valence-electron chi connectivity index (χ4n) is 1.69. The molecule has 80 valence electrons. The van der Waals surface area contributed by atoms with Gasteiger partial charge in [-0.3, -0.25) is 4.79 Å². The summed E-state index contributed by atoms with van der Waals surface area (Å²) < 4.78 is 19.5. The van der Waals surface area contributed by atoms with Gasteiger partial charge in [0.05, 0.1) is 4.47 Å². The van der Waals surface area contributed by atoms with E-state index in [1.54, 1.807) is 6.07 Å². The van der Waals surface area contributed by atoms with Gasteiger partial charge in [0, 0.05) is 0 Å². The zero-order valence-electron chi connectivity index (χ0n) is 8.22. The van der Waals surface area contributed by atoms with E-state index in [0.29, 0.717) is 16.6 Å². The lowest BCUT2D eigenvalue weighted by Crippen LogP contribution is -2.20. The molecule has 0 N–H and O–H groups in total. The summed E-state index contributed by atoms with van der Waals surface area (Å²) in [6.45, 7) is 1.96. The molecule has 1 aliphatic heterocycles. The Kier molecular flexibility index (Phi) is 2.78. The molecular formula is C11H10BrFO2. The van der Waals surface area contributed by atoms with Gasteiger partial charge in [-0.05, 0) is 34.5 Å². The second-order valence-electron chi connectivity index (χ2n) is 3.49. The Balaban J connectivity index is 2.44. The SMILES string of the molecule is CCCC1Oc2c(Br)ccc(F)c2C1=O. The second-order valence-corrected chi connectivity index (χ2v) is 4.35. The molecular weight excluding hydrogens is 263 g/mol.